The zero-order valence-electron chi connectivity index (χ0n) is 9.87. The average molecular weight is 237 g/mol. The maximum Gasteiger partial charge on any atom is 0.163 e. The van der Waals surface area contributed by atoms with E-state index in [4.69, 9.17) is 4.74 Å². The molecule has 0 N–H and O–H groups in total. The van der Waals surface area contributed by atoms with Gasteiger partial charge >= 0.3 is 0 Å². The molecule has 4 nitrogen and oxygen atoms in total. The van der Waals surface area contributed by atoms with Gasteiger partial charge in [-0.15, -0.1) is 0 Å². The Hall–Kier alpha value is -2.49. The number of rotatable bonds is 2. The first kappa shape index (κ1) is 10.7. The van der Waals surface area contributed by atoms with Gasteiger partial charge in [-0.3, -0.25) is 0 Å². The number of ether oxygens (including phenoxy) is 1. The van der Waals surface area contributed by atoms with Crippen LogP contribution in [0.25, 0.3) is 22.4 Å². The summed E-state index contributed by atoms with van der Waals surface area (Å²) in [6, 6.07) is 11.5. The van der Waals surface area contributed by atoms with Crippen LogP contribution in [0.1, 0.15) is 0 Å². The summed E-state index contributed by atoms with van der Waals surface area (Å²) in [5.41, 5.74) is 1.65. The Kier molecular flexibility index (Phi) is 2.61. The molecule has 0 spiro atoms. The van der Waals surface area contributed by atoms with E-state index in [-0.39, 0.29) is 0 Å². The van der Waals surface area contributed by atoms with Crippen LogP contribution in [0.4, 0.5) is 0 Å². The molecule has 88 valence electrons. The summed E-state index contributed by atoms with van der Waals surface area (Å²) < 4.78 is 5.12. The van der Waals surface area contributed by atoms with Crippen LogP contribution in [-0.4, -0.2) is 22.1 Å². The summed E-state index contributed by atoms with van der Waals surface area (Å²) in [6.45, 7) is 0. The van der Waals surface area contributed by atoms with Crippen molar-refractivity contribution in [3.05, 3.63) is 48.8 Å². The zero-order valence-corrected chi connectivity index (χ0v) is 9.87. The second-order valence-electron chi connectivity index (χ2n) is 3.84. The third-order valence-electron chi connectivity index (χ3n) is 2.70. The summed E-state index contributed by atoms with van der Waals surface area (Å²) in [7, 11) is 1.64. The lowest BCUT2D eigenvalue weighted by molar-refractivity contribution is 0.415. The lowest BCUT2D eigenvalue weighted by atomic mass is 10.2. The van der Waals surface area contributed by atoms with E-state index in [1.54, 1.807) is 19.5 Å². The number of pyridine rings is 1. The summed E-state index contributed by atoms with van der Waals surface area (Å²) in [4.78, 5) is 13.0. The smallest absolute Gasteiger partial charge is 0.163 e. The number of hydrogen-bond donors (Lipinski definition) is 0. The SMILES string of the molecule is COc1ccc(-c2ncc3cccnc3n2)cc1. The van der Waals surface area contributed by atoms with E-state index in [9.17, 15) is 0 Å². The van der Waals surface area contributed by atoms with Crippen LogP contribution >= 0.6 is 0 Å². The van der Waals surface area contributed by atoms with Crippen molar-refractivity contribution >= 4 is 11.0 Å². The predicted molar refractivity (Wildman–Crippen MR) is 69.3 cm³/mol. The van der Waals surface area contributed by atoms with Crippen LogP contribution in [-0.2, 0) is 0 Å². The van der Waals surface area contributed by atoms with E-state index in [1.807, 2.05) is 36.4 Å². The van der Waals surface area contributed by atoms with Gasteiger partial charge in [0.05, 0.1) is 7.11 Å². The van der Waals surface area contributed by atoms with E-state index in [0.29, 0.717) is 11.5 Å². The molecule has 0 aliphatic carbocycles. The molecule has 1 aromatic carbocycles. The zero-order chi connectivity index (χ0) is 12.4. The van der Waals surface area contributed by atoms with E-state index < -0.39 is 0 Å². The minimum atomic E-state index is 0.670. The molecule has 18 heavy (non-hydrogen) atoms. The summed E-state index contributed by atoms with van der Waals surface area (Å²) in [5, 5.41) is 0.940. The maximum atomic E-state index is 5.12. The van der Waals surface area contributed by atoms with Crippen molar-refractivity contribution in [2.75, 3.05) is 7.11 Å². The molecule has 0 atom stereocenters. The summed E-state index contributed by atoms with van der Waals surface area (Å²) in [6.07, 6.45) is 3.52. The minimum Gasteiger partial charge on any atom is -0.497 e. The fourth-order valence-electron chi connectivity index (χ4n) is 1.74. The Bertz CT molecular complexity index is 680. The van der Waals surface area contributed by atoms with Crippen LogP contribution < -0.4 is 4.74 Å². The number of fused-ring (bicyclic) bond motifs is 1. The van der Waals surface area contributed by atoms with E-state index in [0.717, 1.165) is 16.7 Å². The summed E-state index contributed by atoms with van der Waals surface area (Å²) >= 11 is 0. The van der Waals surface area contributed by atoms with Gasteiger partial charge in [0.1, 0.15) is 5.75 Å². The highest BCUT2D eigenvalue weighted by molar-refractivity contribution is 5.75. The molecule has 2 aromatic heterocycles. The topological polar surface area (TPSA) is 47.9 Å². The molecule has 3 aromatic rings. The predicted octanol–water partition coefficient (Wildman–Crippen LogP) is 2.70. The van der Waals surface area contributed by atoms with E-state index in [1.165, 1.54) is 0 Å². The third-order valence-corrected chi connectivity index (χ3v) is 2.70. The highest BCUT2D eigenvalue weighted by Gasteiger charge is 2.03. The molecule has 0 aliphatic rings. The Labute approximate surface area is 104 Å². The average Bonchev–Trinajstić information content (AvgIpc) is 2.47. The number of methoxy groups -OCH3 is 1. The highest BCUT2D eigenvalue weighted by atomic mass is 16.5. The van der Waals surface area contributed by atoms with Gasteiger partial charge in [0, 0.05) is 23.3 Å². The van der Waals surface area contributed by atoms with Crippen molar-refractivity contribution in [3.63, 3.8) is 0 Å². The van der Waals surface area contributed by atoms with Gasteiger partial charge in [-0.2, -0.15) is 0 Å². The van der Waals surface area contributed by atoms with Crippen LogP contribution in [0.2, 0.25) is 0 Å². The minimum absolute atomic E-state index is 0.670. The van der Waals surface area contributed by atoms with Gasteiger partial charge in [-0.25, -0.2) is 15.0 Å². The fraction of sp³-hybridized carbons (Fsp3) is 0.0714. The molecule has 0 radical (unpaired) electrons. The lowest BCUT2D eigenvalue weighted by Crippen LogP contribution is -1.91. The largest absolute Gasteiger partial charge is 0.497 e. The molecule has 0 bridgehead atoms. The quantitative estimate of drug-likeness (QED) is 0.687. The van der Waals surface area contributed by atoms with Gasteiger partial charge in [0.2, 0.25) is 0 Å². The molecular weight excluding hydrogens is 226 g/mol. The Morgan fingerprint density at radius 2 is 1.83 bits per heavy atom. The Morgan fingerprint density at radius 1 is 1.00 bits per heavy atom. The van der Waals surface area contributed by atoms with Gasteiger partial charge in [0.25, 0.3) is 0 Å². The number of hydrogen-bond acceptors (Lipinski definition) is 4. The summed E-state index contributed by atoms with van der Waals surface area (Å²) in [5.74, 6) is 1.49. The van der Waals surface area contributed by atoms with Crippen LogP contribution in [0.15, 0.2) is 48.8 Å². The normalized spacial score (nSPS) is 10.5. The first-order valence-electron chi connectivity index (χ1n) is 5.59. The van der Waals surface area contributed by atoms with Gasteiger partial charge < -0.3 is 4.74 Å². The maximum absolute atomic E-state index is 5.12. The van der Waals surface area contributed by atoms with E-state index in [2.05, 4.69) is 15.0 Å². The number of aromatic nitrogens is 3. The van der Waals surface area contributed by atoms with Crippen LogP contribution in [0.5, 0.6) is 5.75 Å². The van der Waals surface area contributed by atoms with Crippen LogP contribution in [0, 0.1) is 0 Å². The Balaban J connectivity index is 2.07. The second kappa shape index (κ2) is 4.41. The van der Waals surface area contributed by atoms with Crippen molar-refractivity contribution in [2.24, 2.45) is 0 Å². The molecule has 0 fully saturated rings. The highest BCUT2D eigenvalue weighted by Crippen LogP contribution is 2.20. The molecule has 0 aliphatic heterocycles. The first-order valence-corrected chi connectivity index (χ1v) is 5.59. The molecule has 0 amide bonds. The van der Waals surface area contributed by atoms with Gasteiger partial charge in [0.15, 0.2) is 11.5 Å². The fourth-order valence-corrected chi connectivity index (χ4v) is 1.74. The number of nitrogens with zero attached hydrogens (tertiary/aromatic N) is 3. The molecule has 4 heteroatoms. The molecule has 0 saturated carbocycles. The van der Waals surface area contributed by atoms with Crippen LogP contribution in [0.3, 0.4) is 0 Å². The molecule has 2 heterocycles. The Morgan fingerprint density at radius 3 is 2.61 bits per heavy atom. The molecule has 3 rings (SSSR count). The van der Waals surface area contributed by atoms with Crippen molar-refractivity contribution in [2.45, 2.75) is 0 Å². The monoisotopic (exact) mass is 237 g/mol. The van der Waals surface area contributed by atoms with Crippen molar-refractivity contribution in [1.29, 1.82) is 0 Å². The molecule has 0 unspecified atom stereocenters. The van der Waals surface area contributed by atoms with Crippen molar-refractivity contribution in [3.8, 4) is 17.1 Å². The van der Waals surface area contributed by atoms with Gasteiger partial charge in [-0.05, 0) is 36.4 Å². The standard InChI is InChI=1S/C14H11N3O/c1-18-12-6-4-10(5-7-12)13-16-9-11-3-2-8-15-14(11)17-13/h2-9H,1H3. The molecular formula is C14H11N3O. The number of benzene rings is 1. The first-order chi connectivity index (χ1) is 8.86. The third kappa shape index (κ3) is 1.88. The second-order valence-corrected chi connectivity index (χ2v) is 3.84. The van der Waals surface area contributed by atoms with Crippen molar-refractivity contribution in [1.82, 2.24) is 15.0 Å². The lowest BCUT2D eigenvalue weighted by Gasteiger charge is -2.03. The van der Waals surface area contributed by atoms with Crippen molar-refractivity contribution < 1.29 is 4.74 Å². The van der Waals surface area contributed by atoms with Gasteiger partial charge in [-0.1, -0.05) is 0 Å². The van der Waals surface area contributed by atoms with E-state index >= 15 is 0 Å². The molecule has 0 saturated heterocycles.